The van der Waals surface area contributed by atoms with Gasteiger partial charge in [-0.15, -0.1) is 16.9 Å². The third-order valence-electron chi connectivity index (χ3n) is 8.54. The number of alkyl halides is 2. The summed E-state index contributed by atoms with van der Waals surface area (Å²) in [4.78, 5) is 4.58. The first-order valence-corrected chi connectivity index (χ1v) is 15.5. The molecule has 5 rings (SSSR count). The van der Waals surface area contributed by atoms with Crippen molar-refractivity contribution in [2.45, 2.75) is 92.0 Å². The predicted molar refractivity (Wildman–Crippen MR) is 154 cm³/mol. The zero-order valence-electron chi connectivity index (χ0n) is 24.8. The van der Waals surface area contributed by atoms with Gasteiger partial charge in [-0.2, -0.15) is 0 Å². The van der Waals surface area contributed by atoms with Gasteiger partial charge in [0, 0.05) is 31.7 Å². The molecule has 45 heavy (non-hydrogen) atoms. The number of aliphatic hydroxyl groups is 3. The van der Waals surface area contributed by atoms with E-state index in [9.17, 15) is 37.3 Å². The van der Waals surface area contributed by atoms with E-state index in [1.807, 2.05) is 19.9 Å². The van der Waals surface area contributed by atoms with E-state index in [1.165, 1.54) is 18.0 Å². The lowest BCUT2D eigenvalue weighted by Crippen LogP contribution is -2.56. The zero-order valence-corrected chi connectivity index (χ0v) is 25.6. The van der Waals surface area contributed by atoms with Gasteiger partial charge in [-0.3, -0.25) is 4.98 Å². The first-order valence-electron chi connectivity index (χ1n) is 14.5. The van der Waals surface area contributed by atoms with Gasteiger partial charge in [0.25, 0.3) is 0 Å². The maximum Gasteiger partial charge on any atom is 0.248 e. The zero-order chi connectivity index (χ0) is 32.7. The molecule has 0 spiro atoms. The van der Waals surface area contributed by atoms with Gasteiger partial charge in [0.05, 0.1) is 29.3 Å². The largest absolute Gasteiger partial charge is 0.394 e. The summed E-state index contributed by atoms with van der Waals surface area (Å²) in [6.45, 7) is 3.28. The Morgan fingerprint density at radius 3 is 2.40 bits per heavy atom. The van der Waals surface area contributed by atoms with Crippen LogP contribution in [-0.2, 0) is 9.47 Å². The molecule has 3 N–H and O–H groups in total. The molecule has 0 radical (unpaired) electrons. The van der Waals surface area contributed by atoms with Crippen molar-refractivity contribution in [2.24, 2.45) is 0 Å². The number of nitrogens with zero attached hydrogens (tertiary/aromatic N) is 4. The minimum absolute atomic E-state index is 0.0228. The molecular weight excluding hydrogens is 623 g/mol. The monoisotopic (exact) mass is 658 g/mol. The van der Waals surface area contributed by atoms with Crippen molar-refractivity contribution < 1.29 is 46.7 Å². The number of hydrogen-bond donors (Lipinski definition) is 3. The summed E-state index contributed by atoms with van der Waals surface area (Å²) >= 11 is 1.09. The normalized spacial score (nSPS) is 27.1. The maximum absolute atomic E-state index is 14.3. The van der Waals surface area contributed by atoms with Crippen LogP contribution in [0.5, 0.6) is 0 Å². The minimum Gasteiger partial charge on any atom is -0.394 e. The summed E-state index contributed by atoms with van der Waals surface area (Å²) in [7, 11) is 1.36. The Morgan fingerprint density at radius 1 is 1.13 bits per heavy atom. The topological polar surface area (TPSA) is 123 Å². The van der Waals surface area contributed by atoms with Gasteiger partial charge >= 0.3 is 0 Å². The third kappa shape index (κ3) is 6.74. The van der Waals surface area contributed by atoms with Gasteiger partial charge < -0.3 is 24.8 Å². The van der Waals surface area contributed by atoms with Gasteiger partial charge in [-0.05, 0) is 42.5 Å². The second-order valence-electron chi connectivity index (χ2n) is 11.9. The smallest absolute Gasteiger partial charge is 0.248 e. The predicted octanol–water partition coefficient (Wildman–Crippen LogP) is 4.93. The molecule has 2 aliphatic rings. The molecule has 2 aromatic heterocycles. The lowest BCUT2D eigenvalue weighted by molar-refractivity contribution is -0.186. The average molecular weight is 659 g/mol. The van der Waals surface area contributed by atoms with Crippen LogP contribution in [0.2, 0.25) is 0 Å². The molecule has 3 aromatic rings. The van der Waals surface area contributed by atoms with Crippen molar-refractivity contribution in [2.75, 3.05) is 13.7 Å². The van der Waals surface area contributed by atoms with Gasteiger partial charge in [0.15, 0.2) is 17.5 Å². The number of rotatable bonds is 9. The van der Waals surface area contributed by atoms with Gasteiger partial charge in [0.2, 0.25) is 5.92 Å². The molecule has 1 aromatic carbocycles. The summed E-state index contributed by atoms with van der Waals surface area (Å²) in [6, 6.07) is 4.05. The van der Waals surface area contributed by atoms with Crippen molar-refractivity contribution in [3.63, 3.8) is 0 Å². The lowest BCUT2D eigenvalue weighted by atomic mass is 9.78. The van der Waals surface area contributed by atoms with E-state index in [4.69, 9.17) is 9.47 Å². The van der Waals surface area contributed by atoms with E-state index >= 15 is 0 Å². The molecule has 6 atom stereocenters. The van der Waals surface area contributed by atoms with Gasteiger partial charge in [-0.1, -0.05) is 25.1 Å². The fraction of sp³-hybridized carbons (Fsp3) is 0.567. The van der Waals surface area contributed by atoms with Crippen molar-refractivity contribution in [3.8, 4) is 11.3 Å². The summed E-state index contributed by atoms with van der Waals surface area (Å²) in [5.74, 6) is -7.41. The fourth-order valence-electron chi connectivity index (χ4n) is 6.01. The highest BCUT2D eigenvalue weighted by Gasteiger charge is 2.53. The van der Waals surface area contributed by atoms with E-state index in [-0.39, 0.29) is 30.0 Å². The Hall–Kier alpha value is -2.69. The molecule has 2 fully saturated rings. The molecule has 3 heterocycles. The first kappa shape index (κ1) is 33.7. The molecular formula is C30H35F5N4O5S. The van der Waals surface area contributed by atoms with Crippen LogP contribution >= 0.6 is 11.8 Å². The molecule has 1 aliphatic heterocycles. The number of hydrogen-bond acceptors (Lipinski definition) is 9. The van der Waals surface area contributed by atoms with Crippen LogP contribution in [0, 0.1) is 17.5 Å². The van der Waals surface area contributed by atoms with Crippen molar-refractivity contribution in [1.29, 1.82) is 0 Å². The van der Waals surface area contributed by atoms with Crippen LogP contribution in [0.4, 0.5) is 22.0 Å². The molecule has 1 saturated carbocycles. The van der Waals surface area contributed by atoms with Gasteiger partial charge in [-0.25, -0.2) is 26.6 Å². The number of methoxy groups -OCH3 is 1. The number of pyridine rings is 1. The number of thioether (sulfide) groups is 1. The van der Waals surface area contributed by atoms with E-state index in [2.05, 4.69) is 15.3 Å². The van der Waals surface area contributed by atoms with Crippen molar-refractivity contribution >= 4 is 11.8 Å². The first-order chi connectivity index (χ1) is 21.3. The average Bonchev–Trinajstić information content (AvgIpc) is 3.50. The summed E-state index contributed by atoms with van der Waals surface area (Å²) in [5.41, 5.74) is -1.45. The number of benzene rings is 1. The Balaban J connectivity index is 1.53. The van der Waals surface area contributed by atoms with Crippen LogP contribution in [0.3, 0.4) is 0 Å². The number of halogens is 5. The van der Waals surface area contributed by atoms with Crippen molar-refractivity contribution in [1.82, 2.24) is 20.0 Å². The van der Waals surface area contributed by atoms with Crippen LogP contribution in [0.25, 0.3) is 11.3 Å². The quantitative estimate of drug-likeness (QED) is 0.217. The molecule has 9 nitrogen and oxygen atoms in total. The van der Waals surface area contributed by atoms with E-state index < -0.39 is 83.5 Å². The molecule has 0 unspecified atom stereocenters. The van der Waals surface area contributed by atoms with Crippen molar-refractivity contribution in [3.05, 3.63) is 65.4 Å². The highest BCUT2D eigenvalue weighted by Crippen LogP contribution is 2.53. The Bertz CT molecular complexity index is 1460. The molecule has 0 bridgehead atoms. The van der Waals surface area contributed by atoms with Crippen LogP contribution in [0.15, 0.2) is 36.7 Å². The molecule has 1 saturated heterocycles. The second kappa shape index (κ2) is 13.2. The van der Waals surface area contributed by atoms with E-state index in [1.54, 1.807) is 12.3 Å². The minimum atomic E-state index is -2.92. The van der Waals surface area contributed by atoms with Crippen LogP contribution in [0.1, 0.15) is 68.0 Å². The standard InChI is InChI=1S/C30H35F5N4O5S/c1-15(2)17-5-4-10-36-23(17)27(29(42)6-8-30(34,35)9-7-29)45-28-26(43-3)24(25(41)21(14-40)44-28)39-13-20(37-38-39)16-11-18(31)22(33)19(32)12-16/h4-5,10-13,15,21,24-28,40-42H,6-9,14H2,1-3H3/t21-,24+,25+,26-,27-,28+/m1/s1. The SMILES string of the molecule is CO[C@@H]1[C@@H](n2cc(-c3cc(F)c(F)c(F)c3)nn2)[C@@H](O)[C@@H](CO)O[C@H]1S[C@H](c1ncccc1C(C)C)C1(O)CCC(F)(F)CC1. The molecule has 0 amide bonds. The molecule has 15 heteroatoms. The Morgan fingerprint density at radius 2 is 1.80 bits per heavy atom. The van der Waals surface area contributed by atoms with Gasteiger partial charge in [0.1, 0.15) is 35.5 Å². The lowest BCUT2D eigenvalue weighted by Gasteiger charge is -2.47. The fourth-order valence-corrected chi connectivity index (χ4v) is 7.73. The van der Waals surface area contributed by atoms with Crippen LogP contribution in [-0.4, -0.2) is 84.3 Å². The number of aromatic nitrogens is 4. The molecule has 1 aliphatic carbocycles. The third-order valence-corrected chi connectivity index (χ3v) is 10.1. The molecule has 246 valence electrons. The number of ether oxygens (including phenoxy) is 2. The Kier molecular flexibility index (Phi) is 9.88. The van der Waals surface area contributed by atoms with E-state index in [0.717, 1.165) is 29.5 Å². The number of aliphatic hydroxyl groups excluding tert-OH is 2. The highest BCUT2D eigenvalue weighted by atomic mass is 32.2. The van der Waals surface area contributed by atoms with E-state index in [0.29, 0.717) is 5.69 Å². The highest BCUT2D eigenvalue weighted by molar-refractivity contribution is 8.00. The summed E-state index contributed by atoms with van der Waals surface area (Å²) in [5, 5.41) is 40.5. The summed E-state index contributed by atoms with van der Waals surface area (Å²) < 4.78 is 83.1. The summed E-state index contributed by atoms with van der Waals surface area (Å²) in [6.07, 6.45) is -2.20. The Labute approximate surface area is 260 Å². The van der Waals surface area contributed by atoms with Crippen LogP contribution < -0.4 is 0 Å². The second-order valence-corrected chi connectivity index (χ2v) is 13.1. The maximum atomic E-state index is 14.3.